The van der Waals surface area contributed by atoms with E-state index in [1.54, 1.807) is 24.4 Å². The molecule has 2 aromatic rings. The number of aromatic nitrogens is 2. The van der Waals surface area contributed by atoms with Crippen molar-refractivity contribution >= 4 is 29.2 Å². The minimum absolute atomic E-state index is 0.149. The number of nitrogens with two attached hydrogens (primary N) is 1. The van der Waals surface area contributed by atoms with E-state index < -0.39 is 12.0 Å². The van der Waals surface area contributed by atoms with Gasteiger partial charge in [0.1, 0.15) is 11.6 Å². The van der Waals surface area contributed by atoms with Crippen molar-refractivity contribution in [1.82, 2.24) is 9.97 Å². The molecule has 0 saturated carbocycles. The van der Waals surface area contributed by atoms with E-state index >= 15 is 0 Å². The standard InChI is InChI=1S/C18H21N5O4/c1-27-18(26)21-10-5-6-12-14(7-10)22-16(25)8-11(24)3-2-4-13(19)17-20-9-15(12)23-17/h5-7,9,13H,2-4,8,19H2,1H3,(H,20,23)(H,21,26)(H,22,25). The van der Waals surface area contributed by atoms with Crippen LogP contribution in [0.25, 0.3) is 11.3 Å². The Kier molecular flexibility index (Phi) is 5.51. The van der Waals surface area contributed by atoms with Crippen LogP contribution in [-0.4, -0.2) is 34.9 Å². The number of hydrogen-bond acceptors (Lipinski definition) is 6. The number of hydrogen-bond donors (Lipinski definition) is 4. The lowest BCUT2D eigenvalue weighted by Gasteiger charge is -2.12. The van der Waals surface area contributed by atoms with Crippen LogP contribution in [0.15, 0.2) is 24.4 Å². The molecule has 0 aliphatic carbocycles. The summed E-state index contributed by atoms with van der Waals surface area (Å²) in [4.78, 5) is 43.2. The largest absolute Gasteiger partial charge is 0.453 e. The summed E-state index contributed by atoms with van der Waals surface area (Å²) in [5.74, 6) is 0.0501. The molecule has 1 aromatic carbocycles. The second-order valence-corrected chi connectivity index (χ2v) is 6.32. The van der Waals surface area contributed by atoms with Crippen LogP contribution in [0.4, 0.5) is 16.2 Å². The normalized spacial score (nSPS) is 17.6. The highest BCUT2D eigenvalue weighted by Crippen LogP contribution is 2.31. The van der Waals surface area contributed by atoms with Gasteiger partial charge in [0, 0.05) is 17.7 Å². The summed E-state index contributed by atoms with van der Waals surface area (Å²) in [7, 11) is 1.26. The Hall–Kier alpha value is -3.20. The first-order chi connectivity index (χ1) is 13.0. The molecular formula is C18H21N5O4. The minimum Gasteiger partial charge on any atom is -0.453 e. The van der Waals surface area contributed by atoms with Crippen molar-refractivity contribution in [2.75, 3.05) is 17.7 Å². The second kappa shape index (κ2) is 8.00. The summed E-state index contributed by atoms with van der Waals surface area (Å²) < 4.78 is 4.58. The molecule has 0 fully saturated rings. The van der Waals surface area contributed by atoms with Crippen molar-refractivity contribution in [3.05, 3.63) is 30.2 Å². The Labute approximate surface area is 155 Å². The number of methoxy groups -OCH3 is 1. The highest BCUT2D eigenvalue weighted by molar-refractivity contribution is 6.06. The molecule has 9 heteroatoms. The molecule has 27 heavy (non-hydrogen) atoms. The van der Waals surface area contributed by atoms with Crippen molar-refractivity contribution in [2.24, 2.45) is 5.73 Å². The molecule has 0 radical (unpaired) electrons. The number of carbonyl (C=O) groups excluding carboxylic acids is 3. The average Bonchev–Trinajstić information content (AvgIpc) is 3.11. The molecule has 2 bridgehead atoms. The first-order valence-corrected chi connectivity index (χ1v) is 8.57. The molecule has 9 nitrogen and oxygen atoms in total. The van der Waals surface area contributed by atoms with Crippen LogP contribution in [0.5, 0.6) is 0 Å². The van der Waals surface area contributed by atoms with Crippen LogP contribution in [0.1, 0.15) is 37.5 Å². The van der Waals surface area contributed by atoms with Gasteiger partial charge in [-0.15, -0.1) is 0 Å². The molecule has 142 valence electrons. The summed E-state index contributed by atoms with van der Waals surface area (Å²) in [6.07, 6.45) is 2.27. The first-order valence-electron chi connectivity index (χ1n) is 8.57. The molecule has 5 N–H and O–H groups in total. The highest BCUT2D eigenvalue weighted by atomic mass is 16.5. The molecule has 0 spiro atoms. The SMILES string of the molecule is COC(=O)Nc1ccc2c(c1)NC(=O)CC(=O)CCCC(N)c1ncc-2[nH]1. The fourth-order valence-corrected chi connectivity index (χ4v) is 2.91. The van der Waals surface area contributed by atoms with Crippen LogP contribution < -0.4 is 16.4 Å². The number of ether oxygens (including phenoxy) is 1. The van der Waals surface area contributed by atoms with E-state index in [0.717, 1.165) is 0 Å². The lowest BCUT2D eigenvalue weighted by atomic mass is 10.1. The summed E-state index contributed by atoms with van der Waals surface area (Å²) in [5.41, 5.74) is 8.35. The molecule has 1 aliphatic rings. The monoisotopic (exact) mass is 371 g/mol. The van der Waals surface area contributed by atoms with Gasteiger partial charge in [0.15, 0.2) is 0 Å². The number of fused-ring (bicyclic) bond motifs is 4. The van der Waals surface area contributed by atoms with Crippen molar-refractivity contribution in [3.8, 4) is 11.3 Å². The molecule has 1 aromatic heterocycles. The number of imidazole rings is 1. The number of aromatic amines is 1. The molecule has 1 atom stereocenters. The lowest BCUT2D eigenvalue weighted by Crippen LogP contribution is -2.18. The third kappa shape index (κ3) is 4.50. The highest BCUT2D eigenvalue weighted by Gasteiger charge is 2.18. The van der Waals surface area contributed by atoms with Gasteiger partial charge in [-0.3, -0.25) is 14.9 Å². The van der Waals surface area contributed by atoms with Gasteiger partial charge in [0.25, 0.3) is 0 Å². The predicted molar refractivity (Wildman–Crippen MR) is 99.1 cm³/mol. The fourth-order valence-electron chi connectivity index (χ4n) is 2.91. The maximum Gasteiger partial charge on any atom is 0.411 e. The Balaban J connectivity index is 2.00. The van der Waals surface area contributed by atoms with Gasteiger partial charge < -0.3 is 20.8 Å². The van der Waals surface area contributed by atoms with Crippen LogP contribution in [0.3, 0.4) is 0 Å². The third-order valence-corrected chi connectivity index (χ3v) is 4.29. The van der Waals surface area contributed by atoms with E-state index in [9.17, 15) is 14.4 Å². The number of anilines is 2. The number of nitrogens with zero attached hydrogens (tertiary/aromatic N) is 1. The molecule has 2 heterocycles. The molecule has 2 amide bonds. The Morgan fingerprint density at radius 2 is 2.19 bits per heavy atom. The number of rotatable bonds is 1. The molecule has 0 saturated heterocycles. The smallest absolute Gasteiger partial charge is 0.411 e. The third-order valence-electron chi connectivity index (χ3n) is 4.29. The van der Waals surface area contributed by atoms with Crippen LogP contribution in [0.2, 0.25) is 0 Å². The minimum atomic E-state index is -0.629. The average molecular weight is 371 g/mol. The Morgan fingerprint density at radius 3 is 2.96 bits per heavy atom. The van der Waals surface area contributed by atoms with E-state index in [4.69, 9.17) is 5.73 Å². The zero-order valence-electron chi connectivity index (χ0n) is 14.9. The summed E-state index contributed by atoms with van der Waals surface area (Å²) in [6, 6.07) is 4.67. The number of Topliss-reactive ketones (excluding diaryl/α,β-unsaturated/α-hetero) is 1. The van der Waals surface area contributed by atoms with E-state index in [0.29, 0.717) is 41.3 Å². The maximum atomic E-state index is 12.3. The van der Waals surface area contributed by atoms with Crippen molar-refractivity contribution < 1.29 is 19.1 Å². The van der Waals surface area contributed by atoms with Gasteiger partial charge in [-0.1, -0.05) is 0 Å². The number of H-pyrrole nitrogens is 1. The zero-order chi connectivity index (χ0) is 19.4. The number of amides is 2. The summed E-state index contributed by atoms with van der Waals surface area (Å²) in [5, 5.41) is 5.28. The Bertz CT molecular complexity index is 876. The fraction of sp³-hybridized carbons (Fsp3) is 0.333. The van der Waals surface area contributed by atoms with E-state index in [1.807, 2.05) is 0 Å². The number of benzene rings is 1. The van der Waals surface area contributed by atoms with Crippen molar-refractivity contribution in [2.45, 2.75) is 31.7 Å². The van der Waals surface area contributed by atoms with Gasteiger partial charge >= 0.3 is 6.09 Å². The van der Waals surface area contributed by atoms with Crippen LogP contribution in [-0.2, 0) is 14.3 Å². The topological polar surface area (TPSA) is 139 Å². The molecular weight excluding hydrogens is 350 g/mol. The number of ketones is 1. The second-order valence-electron chi connectivity index (χ2n) is 6.32. The van der Waals surface area contributed by atoms with Gasteiger partial charge in [-0.25, -0.2) is 9.78 Å². The van der Waals surface area contributed by atoms with Crippen LogP contribution >= 0.6 is 0 Å². The summed E-state index contributed by atoms with van der Waals surface area (Å²) in [6.45, 7) is 0. The maximum absolute atomic E-state index is 12.3. The van der Waals surface area contributed by atoms with E-state index in [-0.39, 0.29) is 24.7 Å². The first kappa shape index (κ1) is 18.6. The molecule has 1 unspecified atom stereocenters. The van der Waals surface area contributed by atoms with Crippen molar-refractivity contribution in [1.29, 1.82) is 0 Å². The van der Waals surface area contributed by atoms with Gasteiger partial charge in [-0.2, -0.15) is 0 Å². The van der Waals surface area contributed by atoms with E-state index in [2.05, 4.69) is 25.3 Å². The summed E-state index contributed by atoms with van der Waals surface area (Å²) >= 11 is 0. The number of carbonyl (C=O) groups is 3. The van der Waals surface area contributed by atoms with E-state index in [1.165, 1.54) is 7.11 Å². The Morgan fingerprint density at radius 1 is 1.37 bits per heavy atom. The molecule has 1 aliphatic heterocycles. The van der Waals surface area contributed by atoms with Gasteiger partial charge in [0.2, 0.25) is 5.91 Å². The van der Waals surface area contributed by atoms with Crippen LogP contribution in [0, 0.1) is 0 Å². The molecule has 3 rings (SSSR count). The zero-order valence-corrected chi connectivity index (χ0v) is 14.9. The van der Waals surface area contributed by atoms with Gasteiger partial charge in [-0.05, 0) is 31.0 Å². The predicted octanol–water partition coefficient (Wildman–Crippen LogP) is 2.34. The quantitative estimate of drug-likeness (QED) is 0.567. The lowest BCUT2D eigenvalue weighted by molar-refractivity contribution is -0.125. The number of nitrogens with one attached hydrogen (secondary N) is 3. The van der Waals surface area contributed by atoms with Crippen molar-refractivity contribution in [3.63, 3.8) is 0 Å². The van der Waals surface area contributed by atoms with Gasteiger partial charge in [0.05, 0.1) is 37.2 Å².